The molecule has 0 amide bonds. The Labute approximate surface area is 120 Å². The van der Waals surface area contributed by atoms with Crippen molar-refractivity contribution in [2.24, 2.45) is 0 Å². The molecule has 3 rings (SSSR count). The zero-order chi connectivity index (χ0) is 13.1. The van der Waals surface area contributed by atoms with Crippen LogP contribution in [0.25, 0.3) is 11.0 Å². The van der Waals surface area contributed by atoms with E-state index >= 15 is 0 Å². The molecule has 3 nitrogen and oxygen atoms in total. The van der Waals surface area contributed by atoms with Crippen molar-refractivity contribution >= 4 is 27.0 Å². The van der Waals surface area contributed by atoms with Crippen molar-refractivity contribution < 1.29 is 0 Å². The zero-order valence-corrected chi connectivity index (χ0v) is 12.0. The maximum atomic E-state index is 4.34. The second-order valence-corrected chi connectivity index (χ2v) is 5.32. The lowest BCUT2D eigenvalue weighted by Gasteiger charge is -2.00. The molecule has 0 aliphatic carbocycles. The molecule has 3 aromatic heterocycles. The van der Waals surface area contributed by atoms with Crippen LogP contribution in [0.2, 0.25) is 0 Å². The third-order valence-electron chi connectivity index (χ3n) is 3.22. The highest BCUT2D eigenvalue weighted by Crippen LogP contribution is 2.27. The summed E-state index contributed by atoms with van der Waals surface area (Å²) in [6.45, 7) is 0. The third kappa shape index (κ3) is 2.68. The van der Waals surface area contributed by atoms with Gasteiger partial charge in [0, 0.05) is 34.1 Å². The van der Waals surface area contributed by atoms with E-state index in [1.165, 1.54) is 11.3 Å². The molecule has 1 N–H and O–H groups in total. The molecule has 0 aromatic carbocycles. The first kappa shape index (κ1) is 12.4. The Balaban J connectivity index is 1.70. The Morgan fingerprint density at radius 2 is 1.89 bits per heavy atom. The molecule has 0 spiro atoms. The maximum absolute atomic E-state index is 4.34. The predicted molar refractivity (Wildman–Crippen MR) is 80.1 cm³/mol. The van der Waals surface area contributed by atoms with E-state index in [0.29, 0.717) is 0 Å². The van der Waals surface area contributed by atoms with Gasteiger partial charge in [0.15, 0.2) is 0 Å². The summed E-state index contributed by atoms with van der Waals surface area (Å²) in [5, 5.41) is 1.15. The number of nitrogens with zero attached hydrogens (tertiary/aromatic N) is 2. The predicted octanol–water partition coefficient (Wildman–Crippen LogP) is 3.90. The van der Waals surface area contributed by atoms with Gasteiger partial charge in [-0.05, 0) is 65.0 Å². The number of aryl methyl sites for hydroxylation is 2. The van der Waals surface area contributed by atoms with Crippen LogP contribution >= 0.6 is 15.9 Å². The molecule has 0 fully saturated rings. The number of rotatable bonds is 4. The number of halogens is 1. The van der Waals surface area contributed by atoms with Crippen LogP contribution in [0.15, 0.2) is 47.3 Å². The van der Waals surface area contributed by atoms with E-state index in [-0.39, 0.29) is 0 Å². The minimum absolute atomic E-state index is 0.952. The minimum atomic E-state index is 0.952. The standard InChI is InChI=1S/C15H14BrN3/c16-14-12-4-2-8-18-15(12)19-13(14)5-1-3-11-6-9-17-10-7-11/h2,4,6-10H,1,3,5H2,(H,18,19). The lowest BCUT2D eigenvalue weighted by Crippen LogP contribution is -1.91. The fourth-order valence-electron chi connectivity index (χ4n) is 2.23. The summed E-state index contributed by atoms with van der Waals surface area (Å²) in [6, 6.07) is 8.18. The molecule has 0 saturated heterocycles. The topological polar surface area (TPSA) is 41.6 Å². The number of aromatic amines is 1. The van der Waals surface area contributed by atoms with Crippen LogP contribution in [0, 0.1) is 0 Å². The SMILES string of the molecule is Brc1c(CCCc2ccncc2)[nH]c2ncccc12. The highest BCUT2D eigenvalue weighted by molar-refractivity contribution is 9.10. The van der Waals surface area contributed by atoms with Crippen molar-refractivity contribution in [2.75, 3.05) is 0 Å². The van der Waals surface area contributed by atoms with Crippen molar-refractivity contribution in [1.29, 1.82) is 0 Å². The molecular formula is C15H14BrN3. The minimum Gasteiger partial charge on any atom is -0.342 e. The lowest BCUT2D eigenvalue weighted by molar-refractivity contribution is 0.801. The van der Waals surface area contributed by atoms with Crippen LogP contribution in [-0.2, 0) is 12.8 Å². The van der Waals surface area contributed by atoms with Crippen LogP contribution in [0.3, 0.4) is 0 Å². The molecule has 0 unspecified atom stereocenters. The van der Waals surface area contributed by atoms with Crippen molar-refractivity contribution in [2.45, 2.75) is 19.3 Å². The van der Waals surface area contributed by atoms with Gasteiger partial charge in [0.1, 0.15) is 5.65 Å². The molecule has 3 heterocycles. The van der Waals surface area contributed by atoms with Crippen molar-refractivity contribution in [3.63, 3.8) is 0 Å². The van der Waals surface area contributed by atoms with Crippen LogP contribution < -0.4 is 0 Å². The molecule has 4 heteroatoms. The first-order chi connectivity index (χ1) is 9.34. The van der Waals surface area contributed by atoms with Gasteiger partial charge in [0.05, 0.1) is 0 Å². The van der Waals surface area contributed by atoms with E-state index in [0.717, 1.165) is 34.8 Å². The van der Waals surface area contributed by atoms with Crippen molar-refractivity contribution in [3.8, 4) is 0 Å². The van der Waals surface area contributed by atoms with Crippen LogP contribution in [0.5, 0.6) is 0 Å². The van der Waals surface area contributed by atoms with Gasteiger partial charge in [0.25, 0.3) is 0 Å². The third-order valence-corrected chi connectivity index (χ3v) is 4.13. The van der Waals surface area contributed by atoms with E-state index in [1.54, 1.807) is 0 Å². The van der Waals surface area contributed by atoms with Gasteiger partial charge in [-0.25, -0.2) is 4.98 Å². The summed E-state index contributed by atoms with van der Waals surface area (Å²) in [5.74, 6) is 0. The second kappa shape index (κ2) is 5.53. The van der Waals surface area contributed by atoms with Crippen molar-refractivity contribution in [3.05, 3.63) is 58.6 Å². The number of aromatic nitrogens is 3. The fraction of sp³-hybridized carbons (Fsp3) is 0.200. The molecule has 0 aliphatic heterocycles. The average Bonchev–Trinajstić information content (AvgIpc) is 2.78. The summed E-state index contributed by atoms with van der Waals surface area (Å²) in [5.41, 5.74) is 3.51. The van der Waals surface area contributed by atoms with E-state index in [4.69, 9.17) is 0 Å². The second-order valence-electron chi connectivity index (χ2n) is 4.53. The number of fused-ring (bicyclic) bond motifs is 1. The van der Waals surface area contributed by atoms with Gasteiger partial charge in [-0.15, -0.1) is 0 Å². The average molecular weight is 316 g/mol. The molecular weight excluding hydrogens is 302 g/mol. The van der Waals surface area contributed by atoms with E-state index < -0.39 is 0 Å². The molecule has 96 valence electrons. The molecule has 3 aromatic rings. The van der Waals surface area contributed by atoms with Gasteiger partial charge in [-0.2, -0.15) is 0 Å². The van der Waals surface area contributed by atoms with Crippen LogP contribution in [0.4, 0.5) is 0 Å². The highest BCUT2D eigenvalue weighted by atomic mass is 79.9. The fourth-order valence-corrected chi connectivity index (χ4v) is 2.85. The largest absolute Gasteiger partial charge is 0.342 e. The monoisotopic (exact) mass is 315 g/mol. The Morgan fingerprint density at radius 3 is 2.68 bits per heavy atom. The summed E-state index contributed by atoms with van der Waals surface area (Å²) < 4.78 is 1.14. The first-order valence-corrected chi connectivity index (χ1v) is 7.14. The lowest BCUT2D eigenvalue weighted by atomic mass is 10.1. The smallest absolute Gasteiger partial charge is 0.138 e. The number of hydrogen-bond acceptors (Lipinski definition) is 2. The zero-order valence-electron chi connectivity index (χ0n) is 10.4. The number of pyridine rings is 2. The molecule has 0 saturated carbocycles. The summed E-state index contributed by atoms with van der Waals surface area (Å²) in [7, 11) is 0. The van der Waals surface area contributed by atoms with E-state index in [9.17, 15) is 0 Å². The maximum Gasteiger partial charge on any atom is 0.138 e. The van der Waals surface area contributed by atoms with Gasteiger partial charge < -0.3 is 4.98 Å². The van der Waals surface area contributed by atoms with E-state index in [2.05, 4.69) is 49.1 Å². The molecule has 0 aliphatic rings. The Morgan fingerprint density at radius 1 is 1.05 bits per heavy atom. The molecule has 0 radical (unpaired) electrons. The first-order valence-electron chi connectivity index (χ1n) is 6.34. The van der Waals surface area contributed by atoms with E-state index in [1.807, 2.05) is 24.7 Å². The normalized spacial score (nSPS) is 11.0. The van der Waals surface area contributed by atoms with Gasteiger partial charge in [0.2, 0.25) is 0 Å². The number of H-pyrrole nitrogens is 1. The van der Waals surface area contributed by atoms with Crippen molar-refractivity contribution in [1.82, 2.24) is 15.0 Å². The number of nitrogens with one attached hydrogen (secondary N) is 1. The van der Waals surface area contributed by atoms with Crippen LogP contribution in [0.1, 0.15) is 17.7 Å². The van der Waals surface area contributed by atoms with Crippen LogP contribution in [-0.4, -0.2) is 15.0 Å². The number of hydrogen-bond donors (Lipinski definition) is 1. The summed E-state index contributed by atoms with van der Waals surface area (Å²) in [4.78, 5) is 11.7. The summed E-state index contributed by atoms with van der Waals surface area (Å²) in [6.07, 6.45) is 8.69. The Bertz CT molecular complexity index is 676. The molecule has 19 heavy (non-hydrogen) atoms. The highest BCUT2D eigenvalue weighted by Gasteiger charge is 2.08. The Kier molecular flexibility index (Phi) is 3.60. The van der Waals surface area contributed by atoms with Gasteiger partial charge >= 0.3 is 0 Å². The quantitative estimate of drug-likeness (QED) is 0.793. The molecule has 0 bridgehead atoms. The Hall–Kier alpha value is -1.68. The van der Waals surface area contributed by atoms with Gasteiger partial charge in [-0.3, -0.25) is 4.98 Å². The van der Waals surface area contributed by atoms with Gasteiger partial charge in [-0.1, -0.05) is 0 Å². The summed E-state index contributed by atoms with van der Waals surface area (Å²) >= 11 is 3.66. The molecule has 0 atom stereocenters.